The molecule has 168 valence electrons. The van der Waals surface area contributed by atoms with E-state index in [9.17, 15) is 0 Å². The van der Waals surface area contributed by atoms with Crippen LogP contribution in [0.15, 0.2) is 40.3 Å². The van der Waals surface area contributed by atoms with Crippen molar-refractivity contribution in [2.75, 3.05) is 39.8 Å². The van der Waals surface area contributed by atoms with Crippen molar-refractivity contribution in [2.45, 2.75) is 51.6 Å². The zero-order valence-corrected chi connectivity index (χ0v) is 18.7. The second-order valence-corrected chi connectivity index (χ2v) is 9.06. The highest BCUT2D eigenvalue weighted by Crippen LogP contribution is 2.59. The molecule has 7 heteroatoms. The average Bonchev–Trinajstić information content (AvgIpc) is 3.15. The van der Waals surface area contributed by atoms with E-state index < -0.39 is 0 Å². The topological polar surface area (TPSA) is 115 Å². The van der Waals surface area contributed by atoms with Gasteiger partial charge in [0.2, 0.25) is 0 Å². The summed E-state index contributed by atoms with van der Waals surface area (Å²) in [6.45, 7) is 7.29. The van der Waals surface area contributed by atoms with E-state index in [-0.39, 0.29) is 0 Å². The average molecular weight is 417 g/mol. The van der Waals surface area contributed by atoms with Gasteiger partial charge in [0, 0.05) is 26.7 Å². The molecule has 3 aliphatic rings. The molecule has 1 aliphatic carbocycles. The Kier molecular flexibility index (Phi) is 7.83. The van der Waals surface area contributed by atoms with Crippen LogP contribution in [-0.2, 0) is 4.74 Å². The van der Waals surface area contributed by atoms with Gasteiger partial charge < -0.3 is 32.2 Å². The zero-order valence-electron chi connectivity index (χ0n) is 18.7. The maximum Gasteiger partial charge on any atom is 0.118 e. The summed E-state index contributed by atoms with van der Waals surface area (Å²) in [5, 5.41) is 3.07. The van der Waals surface area contributed by atoms with E-state index in [1.165, 1.54) is 64.4 Å². The number of piperidine rings is 1. The Morgan fingerprint density at radius 2 is 2.03 bits per heavy atom. The molecule has 7 nitrogen and oxygen atoms in total. The van der Waals surface area contributed by atoms with Gasteiger partial charge in [-0.3, -0.25) is 4.99 Å². The van der Waals surface area contributed by atoms with Crippen molar-refractivity contribution in [3.05, 3.63) is 35.3 Å². The van der Waals surface area contributed by atoms with E-state index in [1.54, 1.807) is 12.2 Å². The fraction of sp³-hybridized carbons (Fsp3) is 0.696. The Balaban J connectivity index is 1.41. The normalized spacial score (nSPS) is 28.2. The first-order valence-corrected chi connectivity index (χ1v) is 11.4. The molecule has 1 spiro atoms. The monoisotopic (exact) mass is 416 g/mol. The Morgan fingerprint density at radius 1 is 1.27 bits per heavy atom. The van der Waals surface area contributed by atoms with Crippen molar-refractivity contribution in [1.82, 2.24) is 10.2 Å². The van der Waals surface area contributed by atoms with Gasteiger partial charge in [0.15, 0.2) is 0 Å². The van der Waals surface area contributed by atoms with E-state index in [4.69, 9.17) is 21.9 Å². The van der Waals surface area contributed by atoms with Gasteiger partial charge in [-0.25, -0.2) is 0 Å². The van der Waals surface area contributed by atoms with E-state index in [0.29, 0.717) is 29.0 Å². The lowest BCUT2D eigenvalue weighted by molar-refractivity contribution is 0.0824. The molecule has 3 fully saturated rings. The number of ether oxygens (including phenoxy) is 1. The van der Waals surface area contributed by atoms with Crippen LogP contribution in [0.5, 0.6) is 0 Å². The number of hydrogen-bond donors (Lipinski definition) is 4. The molecular formula is C23H40N6O. The summed E-state index contributed by atoms with van der Waals surface area (Å²) in [5.74, 6) is 1.20. The molecule has 3 rings (SSSR count). The molecular weight excluding hydrogens is 376 g/mol. The van der Waals surface area contributed by atoms with E-state index in [1.807, 2.05) is 14.0 Å². The summed E-state index contributed by atoms with van der Waals surface area (Å²) < 4.78 is 5.76. The summed E-state index contributed by atoms with van der Waals surface area (Å²) in [6.07, 6.45) is 13.1. The van der Waals surface area contributed by atoms with Crippen molar-refractivity contribution in [3.63, 3.8) is 0 Å². The molecule has 0 aromatic carbocycles. The molecule has 2 saturated heterocycles. The van der Waals surface area contributed by atoms with Crippen molar-refractivity contribution in [1.29, 1.82) is 0 Å². The smallest absolute Gasteiger partial charge is 0.118 e. The van der Waals surface area contributed by atoms with Crippen LogP contribution in [-0.4, -0.2) is 56.7 Å². The summed E-state index contributed by atoms with van der Waals surface area (Å²) in [6, 6.07) is 0. The highest BCUT2D eigenvalue weighted by molar-refractivity contribution is 5.91. The number of hydrogen-bond acceptors (Lipinski definition) is 6. The molecule has 0 aromatic rings. The molecule has 2 aliphatic heterocycles. The number of amidine groups is 1. The van der Waals surface area contributed by atoms with Crippen LogP contribution in [0.4, 0.5) is 0 Å². The van der Waals surface area contributed by atoms with E-state index in [2.05, 4.69) is 15.2 Å². The minimum absolute atomic E-state index is 0.503. The van der Waals surface area contributed by atoms with Gasteiger partial charge in [-0.2, -0.15) is 0 Å². The summed E-state index contributed by atoms with van der Waals surface area (Å²) in [4.78, 5) is 7.23. The Bertz CT molecular complexity index is 696. The van der Waals surface area contributed by atoms with E-state index in [0.717, 1.165) is 24.4 Å². The Hall–Kier alpha value is -1.99. The molecule has 0 radical (unpaired) electrons. The zero-order chi connectivity index (χ0) is 21.6. The molecule has 2 heterocycles. The van der Waals surface area contributed by atoms with Crippen LogP contribution in [0.3, 0.4) is 0 Å². The summed E-state index contributed by atoms with van der Waals surface area (Å²) >= 11 is 0. The first kappa shape index (κ1) is 22.7. The molecule has 0 bridgehead atoms. The van der Waals surface area contributed by atoms with Crippen LogP contribution in [0.1, 0.15) is 45.4 Å². The lowest BCUT2D eigenvalue weighted by Gasteiger charge is -2.33. The maximum absolute atomic E-state index is 6.12. The van der Waals surface area contributed by atoms with Crippen LogP contribution in [0.2, 0.25) is 0 Å². The first-order chi connectivity index (χ1) is 14.5. The third-order valence-corrected chi connectivity index (χ3v) is 7.11. The molecule has 0 amide bonds. The molecule has 7 N–H and O–H groups in total. The van der Waals surface area contributed by atoms with Crippen molar-refractivity contribution >= 4 is 5.84 Å². The van der Waals surface area contributed by atoms with Gasteiger partial charge in [0.25, 0.3) is 0 Å². The minimum Gasteiger partial charge on any atom is -0.404 e. The van der Waals surface area contributed by atoms with Crippen molar-refractivity contribution in [3.8, 4) is 0 Å². The largest absolute Gasteiger partial charge is 0.404 e. The fourth-order valence-electron chi connectivity index (χ4n) is 4.90. The van der Waals surface area contributed by atoms with Gasteiger partial charge in [-0.05, 0) is 93.8 Å². The van der Waals surface area contributed by atoms with Crippen LogP contribution < -0.4 is 22.5 Å². The molecule has 30 heavy (non-hydrogen) atoms. The van der Waals surface area contributed by atoms with E-state index >= 15 is 0 Å². The number of rotatable bonds is 9. The third-order valence-electron chi connectivity index (χ3n) is 7.11. The number of nitrogens with two attached hydrogens (primary N) is 3. The Morgan fingerprint density at radius 3 is 2.67 bits per heavy atom. The first-order valence-electron chi connectivity index (χ1n) is 11.4. The number of aliphatic imine (C=N–C) groups is 1. The van der Waals surface area contributed by atoms with Crippen LogP contribution in [0, 0.1) is 11.3 Å². The van der Waals surface area contributed by atoms with Crippen molar-refractivity contribution in [2.24, 2.45) is 33.5 Å². The lowest BCUT2D eigenvalue weighted by atomic mass is 9.90. The highest BCUT2D eigenvalue weighted by atomic mass is 16.5. The van der Waals surface area contributed by atoms with Gasteiger partial charge >= 0.3 is 0 Å². The summed E-state index contributed by atoms with van der Waals surface area (Å²) in [7, 11) is 1.82. The molecule has 0 aromatic heterocycles. The van der Waals surface area contributed by atoms with Gasteiger partial charge in [-0.1, -0.05) is 0 Å². The summed E-state index contributed by atoms with van der Waals surface area (Å²) in [5.41, 5.74) is 20.6. The van der Waals surface area contributed by atoms with Gasteiger partial charge in [-0.15, -0.1) is 0 Å². The predicted octanol–water partition coefficient (Wildman–Crippen LogP) is 1.82. The fourth-order valence-corrected chi connectivity index (χ4v) is 4.90. The number of nitrogens with zero attached hydrogens (tertiary/aromatic N) is 2. The lowest BCUT2D eigenvalue weighted by Crippen LogP contribution is -2.37. The molecule has 1 saturated carbocycles. The van der Waals surface area contributed by atoms with Crippen LogP contribution >= 0.6 is 0 Å². The number of likely N-dealkylation sites (N-methyl/N-ethyl adjacent to an activating group) is 1. The highest BCUT2D eigenvalue weighted by Gasteiger charge is 2.54. The van der Waals surface area contributed by atoms with Crippen molar-refractivity contribution < 1.29 is 4.74 Å². The van der Waals surface area contributed by atoms with Gasteiger partial charge in [0.1, 0.15) is 5.84 Å². The maximum atomic E-state index is 6.12. The second kappa shape index (κ2) is 10.4. The van der Waals surface area contributed by atoms with Crippen LogP contribution in [0.25, 0.3) is 0 Å². The third kappa shape index (κ3) is 5.79. The minimum atomic E-state index is 0.503. The molecule has 2 unspecified atom stereocenters. The number of likely N-dealkylation sites (tertiary alicyclic amines) is 1. The molecule has 2 atom stereocenters. The quantitative estimate of drug-likeness (QED) is 0.259. The number of allylic oxidation sites excluding steroid dienone is 2. The predicted molar refractivity (Wildman–Crippen MR) is 124 cm³/mol. The number of nitrogens with one attached hydrogen (secondary N) is 1. The SMILES string of the molecule is CNC(C(C)=CN)=C(N)C=CC(N)=NCC1CC12CCN(CCC1CCCO1)CC2. The second-order valence-electron chi connectivity index (χ2n) is 9.06. The standard InChI is InChI=1S/C23H40N6O/c1-17(15-24)22(27-2)20(25)5-6-21(26)28-16-18-14-23(18)8-11-29(12-9-23)10-7-19-4-3-13-30-19/h5-6,15,18-19,27H,3-4,7-14,16,24-25H2,1-2H3,(H2,26,28). The van der Waals surface area contributed by atoms with Gasteiger partial charge in [0.05, 0.1) is 17.5 Å². The Labute approximate surface area is 181 Å².